The molecule has 0 N–H and O–H groups in total. The first-order valence-electron chi connectivity index (χ1n) is 7.04. The summed E-state index contributed by atoms with van der Waals surface area (Å²) in [6.45, 7) is 0.732. The Morgan fingerprint density at radius 1 is 1.05 bits per heavy atom. The van der Waals surface area contributed by atoms with Gasteiger partial charge in [-0.3, -0.25) is 4.79 Å². The Balaban J connectivity index is 2.18. The Morgan fingerprint density at radius 3 is 2.24 bits per heavy atom. The third kappa shape index (κ3) is 4.69. The van der Waals surface area contributed by atoms with Gasteiger partial charge in [0.05, 0.1) is 0 Å². The second-order valence-corrected chi connectivity index (χ2v) is 5.96. The molecule has 0 unspecified atom stereocenters. The summed E-state index contributed by atoms with van der Waals surface area (Å²) in [6, 6.07) is 17.3. The maximum absolute atomic E-state index is 12.7. The number of carbonyl (C=O) groups excluding carboxylic acids is 1. The Kier molecular flexibility index (Phi) is 5.54. The molecule has 110 valence electrons. The first-order chi connectivity index (χ1) is 10.1. The lowest BCUT2D eigenvalue weighted by atomic mass is 9.91. The Morgan fingerprint density at radius 2 is 1.67 bits per heavy atom. The summed E-state index contributed by atoms with van der Waals surface area (Å²) in [5, 5.41) is 0.652. The molecule has 0 amide bonds. The molecule has 2 aromatic carbocycles. The lowest BCUT2D eigenvalue weighted by Crippen LogP contribution is -2.29. The molecule has 2 rings (SSSR count). The standard InChI is InChI=1S/C18H20ClNO/c1-20(2)13-16(12-14-6-4-3-5-7-14)18(21)15-8-10-17(19)11-9-15/h3-11,16H,12-13H2,1-2H3/t16-/m0/s1. The van der Waals surface area contributed by atoms with Crippen molar-refractivity contribution < 1.29 is 4.79 Å². The quantitative estimate of drug-likeness (QED) is 0.753. The smallest absolute Gasteiger partial charge is 0.167 e. The van der Waals surface area contributed by atoms with Crippen LogP contribution in [0.2, 0.25) is 5.02 Å². The highest BCUT2D eigenvalue weighted by atomic mass is 35.5. The van der Waals surface area contributed by atoms with Crippen LogP contribution in [-0.2, 0) is 6.42 Å². The highest BCUT2D eigenvalue weighted by molar-refractivity contribution is 6.30. The number of benzene rings is 2. The minimum atomic E-state index is -0.0522. The van der Waals surface area contributed by atoms with Crippen molar-refractivity contribution in [1.82, 2.24) is 4.90 Å². The van der Waals surface area contributed by atoms with E-state index in [1.54, 1.807) is 24.3 Å². The monoisotopic (exact) mass is 301 g/mol. The van der Waals surface area contributed by atoms with E-state index in [2.05, 4.69) is 17.0 Å². The van der Waals surface area contributed by atoms with Crippen LogP contribution < -0.4 is 0 Å². The van der Waals surface area contributed by atoms with Crippen LogP contribution in [0, 0.1) is 5.92 Å². The van der Waals surface area contributed by atoms with Gasteiger partial charge in [0.1, 0.15) is 0 Å². The fraction of sp³-hybridized carbons (Fsp3) is 0.278. The molecule has 0 radical (unpaired) electrons. The molecule has 21 heavy (non-hydrogen) atoms. The van der Waals surface area contributed by atoms with Crippen molar-refractivity contribution in [3.8, 4) is 0 Å². The zero-order valence-corrected chi connectivity index (χ0v) is 13.2. The summed E-state index contributed by atoms with van der Waals surface area (Å²) in [5.74, 6) is 0.118. The lowest BCUT2D eigenvalue weighted by Gasteiger charge is -2.20. The van der Waals surface area contributed by atoms with Crippen LogP contribution >= 0.6 is 11.6 Å². The summed E-state index contributed by atoms with van der Waals surface area (Å²) in [7, 11) is 3.99. The lowest BCUT2D eigenvalue weighted by molar-refractivity contribution is 0.0896. The molecular weight excluding hydrogens is 282 g/mol. The minimum Gasteiger partial charge on any atom is -0.309 e. The van der Waals surface area contributed by atoms with E-state index in [1.165, 1.54) is 5.56 Å². The van der Waals surface area contributed by atoms with Gasteiger partial charge in [0.25, 0.3) is 0 Å². The molecule has 0 heterocycles. The third-order valence-corrected chi connectivity index (χ3v) is 3.66. The normalized spacial score (nSPS) is 12.4. The molecule has 0 spiro atoms. The number of rotatable bonds is 6. The molecule has 0 fully saturated rings. The fourth-order valence-electron chi connectivity index (χ4n) is 2.43. The molecule has 0 aliphatic carbocycles. The zero-order chi connectivity index (χ0) is 15.2. The van der Waals surface area contributed by atoms with E-state index in [1.807, 2.05) is 32.3 Å². The van der Waals surface area contributed by atoms with Crippen molar-refractivity contribution in [2.24, 2.45) is 5.92 Å². The van der Waals surface area contributed by atoms with Crippen LogP contribution in [0.15, 0.2) is 54.6 Å². The van der Waals surface area contributed by atoms with Crippen LogP contribution in [0.5, 0.6) is 0 Å². The van der Waals surface area contributed by atoms with Crippen molar-refractivity contribution in [1.29, 1.82) is 0 Å². The van der Waals surface area contributed by atoms with Gasteiger partial charge in [-0.25, -0.2) is 0 Å². The SMILES string of the molecule is CN(C)C[C@H](Cc1ccccc1)C(=O)c1ccc(Cl)cc1. The maximum atomic E-state index is 12.7. The molecule has 1 atom stereocenters. The van der Waals surface area contributed by atoms with Gasteiger partial charge in [-0.15, -0.1) is 0 Å². The van der Waals surface area contributed by atoms with Crippen LogP contribution in [-0.4, -0.2) is 31.3 Å². The van der Waals surface area contributed by atoms with Gasteiger partial charge in [-0.2, -0.15) is 0 Å². The van der Waals surface area contributed by atoms with E-state index in [9.17, 15) is 4.79 Å². The molecule has 0 aliphatic heterocycles. The van der Waals surface area contributed by atoms with Gasteiger partial charge in [0, 0.05) is 23.0 Å². The van der Waals surface area contributed by atoms with E-state index in [0.29, 0.717) is 5.02 Å². The van der Waals surface area contributed by atoms with Crippen molar-refractivity contribution in [2.45, 2.75) is 6.42 Å². The Labute approximate surface area is 131 Å². The summed E-state index contributed by atoms with van der Waals surface area (Å²) in [6.07, 6.45) is 0.750. The molecule has 0 aromatic heterocycles. The Hall–Kier alpha value is -1.64. The predicted octanol–water partition coefficient (Wildman–Crippen LogP) is 3.94. The number of carbonyl (C=O) groups is 1. The highest BCUT2D eigenvalue weighted by Gasteiger charge is 2.21. The molecule has 0 bridgehead atoms. The number of Topliss-reactive ketones (excluding diaryl/α,β-unsaturated/α-hetero) is 1. The molecule has 3 heteroatoms. The second-order valence-electron chi connectivity index (χ2n) is 5.52. The van der Waals surface area contributed by atoms with Crippen molar-refractivity contribution in [3.63, 3.8) is 0 Å². The molecule has 0 saturated carbocycles. The van der Waals surface area contributed by atoms with Crippen molar-refractivity contribution >= 4 is 17.4 Å². The van der Waals surface area contributed by atoms with E-state index in [-0.39, 0.29) is 11.7 Å². The fourth-order valence-corrected chi connectivity index (χ4v) is 2.56. The second kappa shape index (κ2) is 7.39. The summed E-state index contributed by atoms with van der Waals surface area (Å²) in [4.78, 5) is 14.8. The van der Waals surface area contributed by atoms with Gasteiger partial charge in [-0.05, 0) is 50.3 Å². The first kappa shape index (κ1) is 15.7. The van der Waals surface area contributed by atoms with E-state index in [4.69, 9.17) is 11.6 Å². The molecule has 0 aliphatic rings. The first-order valence-corrected chi connectivity index (χ1v) is 7.42. The van der Waals surface area contributed by atoms with Crippen molar-refractivity contribution in [3.05, 3.63) is 70.7 Å². The number of nitrogens with zero attached hydrogens (tertiary/aromatic N) is 1. The summed E-state index contributed by atoms with van der Waals surface area (Å²) < 4.78 is 0. The van der Waals surface area contributed by atoms with Gasteiger partial charge in [0.2, 0.25) is 0 Å². The van der Waals surface area contributed by atoms with Gasteiger partial charge in [0.15, 0.2) is 5.78 Å². The number of halogens is 1. The largest absolute Gasteiger partial charge is 0.309 e. The zero-order valence-electron chi connectivity index (χ0n) is 12.4. The topological polar surface area (TPSA) is 20.3 Å². The minimum absolute atomic E-state index is 0.0522. The maximum Gasteiger partial charge on any atom is 0.167 e. The number of hydrogen-bond acceptors (Lipinski definition) is 2. The molecular formula is C18H20ClNO. The van der Waals surface area contributed by atoms with Gasteiger partial charge in [-0.1, -0.05) is 41.9 Å². The van der Waals surface area contributed by atoms with E-state index in [0.717, 1.165) is 18.5 Å². The van der Waals surface area contributed by atoms with Crippen molar-refractivity contribution in [2.75, 3.05) is 20.6 Å². The van der Waals surface area contributed by atoms with E-state index >= 15 is 0 Å². The van der Waals surface area contributed by atoms with Crippen LogP contribution in [0.3, 0.4) is 0 Å². The molecule has 0 saturated heterocycles. The number of hydrogen-bond donors (Lipinski definition) is 0. The third-order valence-electron chi connectivity index (χ3n) is 3.41. The van der Waals surface area contributed by atoms with Crippen LogP contribution in [0.1, 0.15) is 15.9 Å². The Bertz CT molecular complexity index is 578. The average molecular weight is 302 g/mol. The predicted molar refractivity (Wildman–Crippen MR) is 88.0 cm³/mol. The molecule has 2 aromatic rings. The van der Waals surface area contributed by atoms with Gasteiger partial charge < -0.3 is 4.90 Å². The van der Waals surface area contributed by atoms with Gasteiger partial charge >= 0.3 is 0 Å². The molecule has 2 nitrogen and oxygen atoms in total. The van der Waals surface area contributed by atoms with E-state index < -0.39 is 0 Å². The summed E-state index contributed by atoms with van der Waals surface area (Å²) in [5.41, 5.74) is 1.91. The number of ketones is 1. The van der Waals surface area contributed by atoms with Crippen LogP contribution in [0.25, 0.3) is 0 Å². The average Bonchev–Trinajstić information content (AvgIpc) is 2.47. The summed E-state index contributed by atoms with van der Waals surface area (Å²) >= 11 is 5.89. The highest BCUT2D eigenvalue weighted by Crippen LogP contribution is 2.18. The van der Waals surface area contributed by atoms with Crippen LogP contribution in [0.4, 0.5) is 0 Å².